The van der Waals surface area contributed by atoms with Gasteiger partial charge in [-0.2, -0.15) is 0 Å². The topological polar surface area (TPSA) is 17.8 Å². The van der Waals surface area contributed by atoms with Crippen molar-refractivity contribution in [1.29, 1.82) is 0 Å². The summed E-state index contributed by atoms with van der Waals surface area (Å²) >= 11 is 3.92. The molecule has 0 radical (unpaired) electrons. The molecule has 4 heteroatoms. The van der Waals surface area contributed by atoms with Gasteiger partial charge in [0, 0.05) is 34.3 Å². The Morgan fingerprint density at radius 3 is 1.82 bits per heavy atom. The van der Waals surface area contributed by atoms with E-state index in [1.54, 1.807) is 0 Å². The number of benzene rings is 1. The molecule has 0 amide bonds. The lowest BCUT2D eigenvalue weighted by Gasteiger charge is -2.45. The molecule has 2 heterocycles. The maximum absolute atomic E-state index is 4.23. The van der Waals surface area contributed by atoms with Crippen LogP contribution in [0.15, 0.2) is 65.5 Å². The molecule has 1 aromatic carbocycles. The van der Waals surface area contributed by atoms with E-state index in [0.717, 1.165) is 4.47 Å². The Labute approximate surface area is 179 Å². The van der Waals surface area contributed by atoms with Crippen molar-refractivity contribution in [2.24, 2.45) is 0 Å². The Kier molecular flexibility index (Phi) is 6.30. The van der Waals surface area contributed by atoms with Crippen LogP contribution in [0, 0.1) is 0 Å². The van der Waals surface area contributed by atoms with Crippen molar-refractivity contribution < 1.29 is 0 Å². The van der Waals surface area contributed by atoms with Crippen LogP contribution in [-0.2, 0) is 0 Å². The van der Waals surface area contributed by atoms with Crippen molar-refractivity contribution >= 4 is 24.2 Å². The third-order valence-electron chi connectivity index (χ3n) is 6.17. The van der Waals surface area contributed by atoms with Gasteiger partial charge in [0.05, 0.1) is 0 Å². The monoisotopic (exact) mass is 454 g/mol. The van der Waals surface area contributed by atoms with Gasteiger partial charge in [-0.05, 0) is 55.8 Å². The van der Waals surface area contributed by atoms with Crippen molar-refractivity contribution in [3.8, 4) is 22.4 Å². The van der Waals surface area contributed by atoms with Gasteiger partial charge in [-0.3, -0.25) is 4.98 Å². The van der Waals surface area contributed by atoms with Gasteiger partial charge in [0.15, 0.2) is 8.24 Å². The summed E-state index contributed by atoms with van der Waals surface area (Å²) in [6.07, 6.45) is 6.13. The molecule has 0 spiro atoms. The number of hydrogen-bond acceptors (Lipinski definition) is 1. The first-order valence-corrected chi connectivity index (χ1v) is 13.2. The Morgan fingerprint density at radius 2 is 1.32 bits per heavy atom. The van der Waals surface area contributed by atoms with Crippen molar-refractivity contribution in [2.45, 2.75) is 58.2 Å². The van der Waals surface area contributed by atoms with Crippen molar-refractivity contribution in [3.05, 3.63) is 65.5 Å². The van der Waals surface area contributed by atoms with Crippen LogP contribution in [0.3, 0.4) is 0 Å². The predicted octanol–water partition coefficient (Wildman–Crippen LogP) is 8.00. The summed E-state index contributed by atoms with van der Waals surface area (Å²) in [5, 5.41) is 0. The van der Waals surface area contributed by atoms with Crippen LogP contribution in [0.1, 0.15) is 41.5 Å². The maximum Gasteiger partial charge on any atom is 0.169 e. The molecule has 148 valence electrons. The molecule has 0 atom stereocenters. The highest BCUT2D eigenvalue weighted by Crippen LogP contribution is 2.49. The van der Waals surface area contributed by atoms with E-state index in [9.17, 15) is 0 Å². The van der Waals surface area contributed by atoms with E-state index in [4.69, 9.17) is 0 Å². The summed E-state index contributed by atoms with van der Waals surface area (Å²) in [6, 6.07) is 15.1. The molecule has 2 nitrogen and oxygen atoms in total. The molecule has 0 fully saturated rings. The zero-order chi connectivity index (χ0) is 20.5. The highest BCUT2D eigenvalue weighted by Gasteiger charge is 2.47. The molecule has 0 aliphatic heterocycles. The van der Waals surface area contributed by atoms with E-state index in [1.165, 1.54) is 22.4 Å². The fraction of sp³-hybridized carbons (Fsp3) is 0.375. The molecule has 2 aromatic heterocycles. The van der Waals surface area contributed by atoms with Crippen LogP contribution in [0.5, 0.6) is 0 Å². The molecule has 0 saturated carbocycles. The Hall–Kier alpha value is -1.65. The Bertz CT molecular complexity index is 893. The summed E-state index contributed by atoms with van der Waals surface area (Å²) in [7, 11) is -1.90. The van der Waals surface area contributed by atoms with E-state index < -0.39 is 8.24 Å². The molecule has 28 heavy (non-hydrogen) atoms. The number of aromatic nitrogens is 2. The van der Waals surface area contributed by atoms with Crippen molar-refractivity contribution in [3.63, 3.8) is 0 Å². The van der Waals surface area contributed by atoms with E-state index in [1.807, 2.05) is 12.4 Å². The highest BCUT2D eigenvalue weighted by molar-refractivity contribution is 9.10. The zero-order valence-corrected chi connectivity index (χ0v) is 20.4. The SMILES string of the molecule is CC(C)[Si](C(C)C)(C(C)C)n1cc(Br)c(-c2ccncc2)c1-c1ccccc1. The largest absolute Gasteiger partial charge is 0.372 e. The highest BCUT2D eigenvalue weighted by atomic mass is 79.9. The first kappa shape index (κ1) is 21.1. The van der Waals surface area contributed by atoms with Gasteiger partial charge in [0.25, 0.3) is 0 Å². The molecule has 0 saturated heterocycles. The average molecular weight is 456 g/mol. The molecular formula is C24H31BrN2Si. The number of hydrogen-bond donors (Lipinski definition) is 0. The zero-order valence-electron chi connectivity index (χ0n) is 17.8. The van der Waals surface area contributed by atoms with Gasteiger partial charge >= 0.3 is 0 Å². The van der Waals surface area contributed by atoms with Crippen molar-refractivity contribution in [1.82, 2.24) is 9.22 Å². The molecule has 0 unspecified atom stereocenters. The lowest BCUT2D eigenvalue weighted by molar-refractivity contribution is 0.767. The summed E-state index contributed by atoms with van der Waals surface area (Å²) in [5.74, 6) is 0. The van der Waals surface area contributed by atoms with Gasteiger partial charge in [-0.1, -0.05) is 71.9 Å². The number of rotatable bonds is 6. The number of halogens is 1. The first-order chi connectivity index (χ1) is 13.3. The molecule has 3 rings (SSSR count). The minimum absolute atomic E-state index is 0.625. The van der Waals surface area contributed by atoms with Gasteiger partial charge < -0.3 is 4.23 Å². The molecular weight excluding hydrogens is 424 g/mol. The Balaban J connectivity index is 2.43. The van der Waals surface area contributed by atoms with Gasteiger partial charge in [-0.15, -0.1) is 0 Å². The fourth-order valence-corrected chi connectivity index (χ4v) is 12.7. The van der Waals surface area contributed by atoms with E-state index in [0.29, 0.717) is 16.6 Å². The minimum atomic E-state index is -1.90. The summed E-state index contributed by atoms with van der Waals surface area (Å²) in [5.41, 5.74) is 6.96. The lowest BCUT2D eigenvalue weighted by Crippen LogP contribution is -2.52. The third-order valence-corrected chi connectivity index (χ3v) is 13.5. The van der Waals surface area contributed by atoms with Gasteiger partial charge in [-0.25, -0.2) is 0 Å². The van der Waals surface area contributed by atoms with E-state index >= 15 is 0 Å². The summed E-state index contributed by atoms with van der Waals surface area (Å²) in [4.78, 5) is 4.23. The smallest absolute Gasteiger partial charge is 0.169 e. The molecule has 0 bridgehead atoms. The maximum atomic E-state index is 4.23. The second kappa shape index (κ2) is 8.38. The normalized spacial score (nSPS) is 12.4. The third kappa shape index (κ3) is 3.41. The van der Waals surface area contributed by atoms with E-state index in [-0.39, 0.29) is 0 Å². The molecule has 3 aromatic rings. The molecule has 0 aliphatic carbocycles. The number of nitrogens with zero attached hydrogens (tertiary/aromatic N) is 2. The molecule has 0 N–H and O–H groups in total. The van der Waals surface area contributed by atoms with Crippen molar-refractivity contribution in [2.75, 3.05) is 0 Å². The average Bonchev–Trinajstić information content (AvgIpc) is 3.00. The number of pyridine rings is 1. The van der Waals surface area contributed by atoms with Crippen LogP contribution in [0.25, 0.3) is 22.4 Å². The quantitative estimate of drug-likeness (QED) is 0.344. The second-order valence-corrected chi connectivity index (χ2v) is 15.1. The van der Waals surface area contributed by atoms with Gasteiger partial charge in [0.1, 0.15) is 0 Å². The van der Waals surface area contributed by atoms with Gasteiger partial charge in [0.2, 0.25) is 0 Å². The van der Waals surface area contributed by atoms with Crippen LogP contribution in [0.4, 0.5) is 0 Å². The van der Waals surface area contributed by atoms with E-state index in [2.05, 4.69) is 115 Å². The van der Waals surface area contributed by atoms with Crippen LogP contribution in [0.2, 0.25) is 16.6 Å². The lowest BCUT2D eigenvalue weighted by atomic mass is 10.0. The fourth-order valence-electron chi connectivity index (χ4n) is 5.29. The summed E-state index contributed by atoms with van der Waals surface area (Å²) in [6.45, 7) is 14.5. The predicted molar refractivity (Wildman–Crippen MR) is 127 cm³/mol. The standard InChI is InChI=1S/C24H31BrN2Si/c1-17(2)28(18(3)4,19(5)6)27-16-22(25)23(20-12-14-26-15-13-20)24(27)21-10-8-7-9-11-21/h7-19H,1-6H3. The molecule has 0 aliphatic rings. The summed E-state index contributed by atoms with van der Waals surface area (Å²) < 4.78 is 3.86. The Morgan fingerprint density at radius 1 is 0.786 bits per heavy atom. The van der Waals surface area contributed by atoms with Crippen LogP contribution < -0.4 is 0 Å². The van der Waals surface area contributed by atoms with Crippen LogP contribution in [-0.4, -0.2) is 17.5 Å². The van der Waals surface area contributed by atoms with Crippen LogP contribution >= 0.6 is 15.9 Å². The second-order valence-electron chi connectivity index (χ2n) is 8.52. The first-order valence-electron chi connectivity index (χ1n) is 10.2. The minimum Gasteiger partial charge on any atom is -0.372 e.